The van der Waals surface area contributed by atoms with Crippen LogP contribution in [0.1, 0.15) is 17.7 Å². The van der Waals surface area contributed by atoms with Crippen molar-refractivity contribution in [3.8, 4) is 0 Å². The quantitative estimate of drug-likeness (QED) is 0.499. The van der Waals surface area contributed by atoms with Crippen molar-refractivity contribution >= 4 is 17.5 Å². The van der Waals surface area contributed by atoms with Crippen LogP contribution in [0.3, 0.4) is 0 Å². The van der Waals surface area contributed by atoms with Gasteiger partial charge in [-0.15, -0.1) is 5.10 Å². The van der Waals surface area contributed by atoms with Gasteiger partial charge in [-0.3, -0.25) is 24.9 Å². The molecule has 0 radical (unpaired) electrons. The fourth-order valence-electron chi connectivity index (χ4n) is 2.43. The van der Waals surface area contributed by atoms with Gasteiger partial charge in [0.2, 0.25) is 11.9 Å². The summed E-state index contributed by atoms with van der Waals surface area (Å²) in [7, 11) is 0. The van der Waals surface area contributed by atoms with E-state index < -0.39 is 4.92 Å². The Labute approximate surface area is 152 Å². The number of nitro groups is 1. The molecule has 27 heavy (non-hydrogen) atoms. The molecule has 2 aromatic heterocycles. The summed E-state index contributed by atoms with van der Waals surface area (Å²) in [4.78, 5) is 26.2. The highest BCUT2D eigenvalue weighted by molar-refractivity contribution is 5.88. The first kappa shape index (κ1) is 18.2. The summed E-state index contributed by atoms with van der Waals surface area (Å²) in [5.74, 6) is -0.615. The SMILES string of the molecule is Cc1nn(CCC(=O)Nc2ncn(Cc3ccccc3F)n2)cc1[N+](=O)[O-]. The molecule has 0 saturated heterocycles. The van der Waals surface area contributed by atoms with Crippen molar-refractivity contribution in [2.45, 2.75) is 26.4 Å². The third kappa shape index (κ3) is 4.51. The number of anilines is 1. The van der Waals surface area contributed by atoms with Gasteiger partial charge in [-0.05, 0) is 13.0 Å². The number of aromatic nitrogens is 5. The van der Waals surface area contributed by atoms with Gasteiger partial charge in [0.1, 0.15) is 24.0 Å². The van der Waals surface area contributed by atoms with Gasteiger partial charge in [0.05, 0.1) is 11.5 Å². The number of hydrogen-bond acceptors (Lipinski definition) is 6. The Kier molecular flexibility index (Phi) is 5.20. The number of benzene rings is 1. The van der Waals surface area contributed by atoms with E-state index in [2.05, 4.69) is 20.5 Å². The van der Waals surface area contributed by atoms with Crippen LogP contribution in [0, 0.1) is 22.9 Å². The van der Waals surface area contributed by atoms with Crippen molar-refractivity contribution in [3.63, 3.8) is 0 Å². The van der Waals surface area contributed by atoms with Gasteiger partial charge >= 0.3 is 5.69 Å². The summed E-state index contributed by atoms with van der Waals surface area (Å²) in [6, 6.07) is 6.32. The largest absolute Gasteiger partial charge is 0.309 e. The van der Waals surface area contributed by atoms with Gasteiger partial charge in [-0.2, -0.15) is 5.10 Å². The second-order valence-electron chi connectivity index (χ2n) is 5.78. The number of nitrogens with one attached hydrogen (secondary N) is 1. The average molecular weight is 373 g/mol. The van der Waals surface area contributed by atoms with Crippen molar-refractivity contribution in [1.29, 1.82) is 0 Å². The molecular weight excluding hydrogens is 357 g/mol. The Hall–Kier alpha value is -3.63. The predicted molar refractivity (Wildman–Crippen MR) is 92.4 cm³/mol. The highest BCUT2D eigenvalue weighted by Gasteiger charge is 2.16. The first-order valence-corrected chi connectivity index (χ1v) is 8.03. The predicted octanol–water partition coefficient (Wildman–Crippen LogP) is 1.91. The first-order valence-electron chi connectivity index (χ1n) is 8.03. The zero-order valence-electron chi connectivity index (χ0n) is 14.4. The Bertz CT molecular complexity index is 982. The molecule has 3 rings (SSSR count). The Morgan fingerprint density at radius 2 is 2.07 bits per heavy atom. The van der Waals surface area contributed by atoms with E-state index in [9.17, 15) is 19.3 Å². The first-order chi connectivity index (χ1) is 12.9. The number of aryl methyl sites for hydroxylation is 2. The number of amides is 1. The van der Waals surface area contributed by atoms with E-state index in [1.54, 1.807) is 18.2 Å². The van der Waals surface area contributed by atoms with Crippen LogP contribution in [0.5, 0.6) is 0 Å². The van der Waals surface area contributed by atoms with Crippen molar-refractivity contribution in [2.24, 2.45) is 0 Å². The molecule has 1 amide bonds. The number of carbonyl (C=O) groups is 1. The lowest BCUT2D eigenvalue weighted by atomic mass is 10.2. The normalized spacial score (nSPS) is 10.7. The molecule has 0 bridgehead atoms. The maximum Gasteiger partial charge on any atom is 0.309 e. The Morgan fingerprint density at radius 3 is 2.78 bits per heavy atom. The maximum absolute atomic E-state index is 13.7. The fourth-order valence-corrected chi connectivity index (χ4v) is 2.43. The molecule has 10 nitrogen and oxygen atoms in total. The van der Waals surface area contributed by atoms with Crippen LogP contribution in [0.4, 0.5) is 16.0 Å². The number of hydrogen-bond donors (Lipinski definition) is 1. The third-order valence-electron chi connectivity index (χ3n) is 3.76. The average Bonchev–Trinajstić information content (AvgIpc) is 3.21. The zero-order valence-corrected chi connectivity index (χ0v) is 14.4. The molecule has 0 aliphatic heterocycles. The smallest absolute Gasteiger partial charge is 0.293 e. The van der Waals surface area contributed by atoms with Gasteiger partial charge in [0.25, 0.3) is 0 Å². The second-order valence-corrected chi connectivity index (χ2v) is 5.78. The molecule has 140 valence electrons. The molecule has 11 heteroatoms. The minimum Gasteiger partial charge on any atom is -0.293 e. The van der Waals surface area contributed by atoms with E-state index in [4.69, 9.17) is 0 Å². The topological polar surface area (TPSA) is 121 Å². The van der Waals surface area contributed by atoms with Crippen LogP contribution >= 0.6 is 0 Å². The van der Waals surface area contributed by atoms with E-state index >= 15 is 0 Å². The summed E-state index contributed by atoms with van der Waals surface area (Å²) >= 11 is 0. The summed E-state index contributed by atoms with van der Waals surface area (Å²) in [5.41, 5.74) is 0.647. The number of carbonyl (C=O) groups excluding carboxylic acids is 1. The molecular formula is C16H16FN7O3. The van der Waals surface area contributed by atoms with Crippen LogP contribution in [0.2, 0.25) is 0 Å². The maximum atomic E-state index is 13.7. The summed E-state index contributed by atoms with van der Waals surface area (Å²) in [6.07, 6.45) is 2.71. The number of rotatable bonds is 7. The molecule has 3 aromatic rings. The minimum atomic E-state index is -0.523. The third-order valence-corrected chi connectivity index (χ3v) is 3.76. The van der Waals surface area contributed by atoms with E-state index in [0.717, 1.165) is 0 Å². The Balaban J connectivity index is 1.54. The molecule has 2 heterocycles. The van der Waals surface area contributed by atoms with Gasteiger partial charge < -0.3 is 0 Å². The monoisotopic (exact) mass is 373 g/mol. The highest BCUT2D eigenvalue weighted by Crippen LogP contribution is 2.15. The molecule has 0 aliphatic carbocycles. The molecule has 0 aliphatic rings. The Morgan fingerprint density at radius 1 is 1.30 bits per heavy atom. The standard InChI is InChI=1S/C16H16FN7O3/c1-11-14(24(26)27)9-22(20-11)7-6-15(25)19-16-18-10-23(21-16)8-12-4-2-3-5-13(12)17/h2-5,9-10H,6-8H2,1H3,(H,19,21,25). The second kappa shape index (κ2) is 7.72. The molecule has 1 aromatic carbocycles. The molecule has 0 atom stereocenters. The zero-order chi connectivity index (χ0) is 19.4. The van der Waals surface area contributed by atoms with Crippen LogP contribution in [0.15, 0.2) is 36.8 Å². The molecule has 0 unspecified atom stereocenters. The summed E-state index contributed by atoms with van der Waals surface area (Å²) in [5, 5.41) is 21.4. The lowest BCUT2D eigenvalue weighted by Gasteiger charge is -2.03. The van der Waals surface area contributed by atoms with Crippen LogP contribution in [0.25, 0.3) is 0 Å². The summed E-state index contributed by atoms with van der Waals surface area (Å²) in [6.45, 7) is 1.89. The highest BCUT2D eigenvalue weighted by atomic mass is 19.1. The van der Waals surface area contributed by atoms with Crippen LogP contribution < -0.4 is 5.32 Å². The van der Waals surface area contributed by atoms with Crippen molar-refractivity contribution < 1.29 is 14.1 Å². The molecule has 0 fully saturated rings. The van der Waals surface area contributed by atoms with Gasteiger partial charge in [-0.25, -0.2) is 14.1 Å². The lowest BCUT2D eigenvalue weighted by molar-refractivity contribution is -0.385. The fraction of sp³-hybridized carbons (Fsp3) is 0.250. The molecule has 0 saturated carbocycles. The molecule has 1 N–H and O–H groups in total. The van der Waals surface area contributed by atoms with E-state index in [-0.39, 0.29) is 48.6 Å². The van der Waals surface area contributed by atoms with Crippen LogP contribution in [-0.4, -0.2) is 35.4 Å². The van der Waals surface area contributed by atoms with Gasteiger partial charge in [0.15, 0.2) is 0 Å². The lowest BCUT2D eigenvalue weighted by Crippen LogP contribution is -2.16. The van der Waals surface area contributed by atoms with Crippen LogP contribution in [-0.2, 0) is 17.9 Å². The summed E-state index contributed by atoms with van der Waals surface area (Å²) < 4.78 is 16.4. The van der Waals surface area contributed by atoms with E-state index in [1.807, 2.05) is 0 Å². The molecule has 0 spiro atoms. The number of nitrogens with zero attached hydrogens (tertiary/aromatic N) is 6. The van der Waals surface area contributed by atoms with Crippen molar-refractivity contribution in [3.05, 3.63) is 64.0 Å². The van der Waals surface area contributed by atoms with Crippen molar-refractivity contribution in [1.82, 2.24) is 24.5 Å². The van der Waals surface area contributed by atoms with E-state index in [1.165, 1.54) is 34.9 Å². The van der Waals surface area contributed by atoms with E-state index in [0.29, 0.717) is 5.56 Å². The minimum absolute atomic E-state index is 0.0418. The van der Waals surface area contributed by atoms with Crippen molar-refractivity contribution in [2.75, 3.05) is 5.32 Å². The van der Waals surface area contributed by atoms with Gasteiger partial charge in [0, 0.05) is 18.5 Å². The van der Waals surface area contributed by atoms with Gasteiger partial charge in [-0.1, -0.05) is 18.2 Å². The number of halogens is 1.